The Morgan fingerprint density at radius 2 is 1.67 bits per heavy atom. The highest BCUT2D eigenvalue weighted by molar-refractivity contribution is 6.08. The van der Waals surface area contributed by atoms with Gasteiger partial charge in [0, 0.05) is 67.1 Å². The Morgan fingerprint density at radius 3 is 2.43 bits per heavy atom. The summed E-state index contributed by atoms with van der Waals surface area (Å²) in [5, 5.41) is 23.2. The van der Waals surface area contributed by atoms with Crippen molar-refractivity contribution in [1.29, 1.82) is 0 Å². The number of fused-ring (bicyclic) bond motifs is 3. The Balaban J connectivity index is 1.31. The number of aryl methyl sites for hydroxylation is 1. The van der Waals surface area contributed by atoms with Crippen molar-refractivity contribution in [2.75, 3.05) is 26.2 Å². The van der Waals surface area contributed by atoms with Crippen molar-refractivity contribution < 1.29 is 10.2 Å². The van der Waals surface area contributed by atoms with Crippen LogP contribution in [0.2, 0.25) is 0 Å². The number of β-amino-alcohol motifs (C(OH)–C–C–N with tert-alkyl or cyclic N) is 1. The Hall–Kier alpha value is -1.92. The van der Waals surface area contributed by atoms with Crippen LogP contribution in [0.1, 0.15) is 31.7 Å². The molecule has 2 N–H and O–H groups in total. The van der Waals surface area contributed by atoms with Crippen LogP contribution in [0.3, 0.4) is 0 Å². The molecule has 160 valence electrons. The van der Waals surface area contributed by atoms with Crippen molar-refractivity contribution in [3.63, 3.8) is 0 Å². The number of hydrogen-bond donors (Lipinski definition) is 2. The van der Waals surface area contributed by atoms with E-state index in [0.717, 1.165) is 58.5 Å². The van der Waals surface area contributed by atoms with E-state index in [9.17, 15) is 10.2 Å². The summed E-state index contributed by atoms with van der Waals surface area (Å²) in [6.07, 6.45) is 2.18. The molecule has 5 nitrogen and oxygen atoms in total. The maximum Gasteiger partial charge on any atom is 0.0822 e. The van der Waals surface area contributed by atoms with Gasteiger partial charge in [-0.15, -0.1) is 0 Å². The highest BCUT2D eigenvalue weighted by Gasteiger charge is 2.33. The van der Waals surface area contributed by atoms with Crippen LogP contribution < -0.4 is 0 Å². The quantitative estimate of drug-likeness (QED) is 0.697. The van der Waals surface area contributed by atoms with Gasteiger partial charge < -0.3 is 14.8 Å². The van der Waals surface area contributed by atoms with E-state index in [0.29, 0.717) is 0 Å². The molecule has 0 amide bonds. The van der Waals surface area contributed by atoms with E-state index in [1.54, 1.807) is 0 Å². The van der Waals surface area contributed by atoms with E-state index < -0.39 is 0 Å². The SMILES string of the molecule is CCn1c2ccccc2c2cc(CN3CC[C@@H](N4CCC(O)CC4)[C@H](O)C3)ccc21. The molecule has 2 aromatic carbocycles. The van der Waals surface area contributed by atoms with Gasteiger partial charge in [-0.1, -0.05) is 24.3 Å². The molecule has 3 heterocycles. The molecular formula is C25H33N3O2. The normalized spacial score (nSPS) is 24.8. The fourth-order valence-electron chi connectivity index (χ4n) is 5.57. The van der Waals surface area contributed by atoms with E-state index in [1.807, 2.05) is 0 Å². The van der Waals surface area contributed by atoms with E-state index in [4.69, 9.17) is 0 Å². The van der Waals surface area contributed by atoms with E-state index in [1.165, 1.54) is 27.4 Å². The Morgan fingerprint density at radius 1 is 0.900 bits per heavy atom. The maximum atomic E-state index is 10.8. The Bertz CT molecular complexity index is 1020. The number of aliphatic hydroxyl groups is 2. The monoisotopic (exact) mass is 407 g/mol. The van der Waals surface area contributed by atoms with Crippen molar-refractivity contribution in [1.82, 2.24) is 14.4 Å². The fraction of sp³-hybridized carbons (Fsp3) is 0.520. The number of likely N-dealkylation sites (tertiary alicyclic amines) is 2. The van der Waals surface area contributed by atoms with Crippen LogP contribution in [0.25, 0.3) is 21.8 Å². The third-order valence-electron chi connectivity index (χ3n) is 7.16. The van der Waals surface area contributed by atoms with Crippen LogP contribution in [-0.2, 0) is 13.1 Å². The molecule has 3 aromatic rings. The average Bonchev–Trinajstić information content (AvgIpc) is 3.08. The second kappa shape index (κ2) is 8.31. The van der Waals surface area contributed by atoms with Crippen molar-refractivity contribution >= 4 is 21.8 Å². The predicted octanol–water partition coefficient (Wildman–Crippen LogP) is 3.21. The van der Waals surface area contributed by atoms with E-state index in [2.05, 4.69) is 63.8 Å². The molecule has 30 heavy (non-hydrogen) atoms. The molecule has 2 aliphatic rings. The number of para-hydroxylation sites is 1. The molecule has 5 rings (SSSR count). The minimum atomic E-state index is -0.320. The van der Waals surface area contributed by atoms with Crippen LogP contribution in [-0.4, -0.2) is 69.0 Å². The topological polar surface area (TPSA) is 51.9 Å². The number of nitrogens with zero attached hydrogens (tertiary/aromatic N) is 3. The molecule has 2 aliphatic heterocycles. The molecule has 2 saturated heterocycles. The molecule has 0 bridgehead atoms. The molecule has 2 fully saturated rings. The third-order valence-corrected chi connectivity index (χ3v) is 7.16. The minimum Gasteiger partial charge on any atom is -0.393 e. The number of benzene rings is 2. The van der Waals surface area contributed by atoms with Gasteiger partial charge in [-0.2, -0.15) is 0 Å². The number of aromatic nitrogens is 1. The van der Waals surface area contributed by atoms with E-state index in [-0.39, 0.29) is 18.2 Å². The van der Waals surface area contributed by atoms with Crippen LogP contribution >= 0.6 is 0 Å². The molecule has 0 aliphatic carbocycles. The minimum absolute atomic E-state index is 0.160. The standard InChI is InChI=1S/C25H33N3O2/c1-2-28-22-6-4-3-5-20(22)21-15-18(7-8-23(21)28)16-26-12-11-24(25(30)17-26)27-13-9-19(29)10-14-27/h3-8,15,19,24-25,29-30H,2,9-14,16-17H2,1H3/t24-,25-/m1/s1. The van der Waals surface area contributed by atoms with E-state index >= 15 is 0 Å². The number of aliphatic hydroxyl groups excluding tert-OH is 2. The molecule has 0 saturated carbocycles. The zero-order valence-corrected chi connectivity index (χ0v) is 17.9. The molecule has 0 spiro atoms. The molecule has 2 atom stereocenters. The van der Waals surface area contributed by atoms with Gasteiger partial charge >= 0.3 is 0 Å². The third kappa shape index (κ3) is 3.65. The largest absolute Gasteiger partial charge is 0.393 e. The first-order chi connectivity index (χ1) is 14.6. The summed E-state index contributed by atoms with van der Waals surface area (Å²) >= 11 is 0. The van der Waals surface area contributed by atoms with Crippen LogP contribution in [0.5, 0.6) is 0 Å². The van der Waals surface area contributed by atoms with Gasteiger partial charge in [-0.25, -0.2) is 0 Å². The fourth-order valence-corrected chi connectivity index (χ4v) is 5.57. The van der Waals surface area contributed by atoms with Crippen LogP contribution in [0.4, 0.5) is 0 Å². The second-order valence-electron chi connectivity index (χ2n) is 9.04. The molecular weight excluding hydrogens is 374 g/mol. The van der Waals surface area contributed by atoms with Crippen molar-refractivity contribution in [2.24, 2.45) is 0 Å². The van der Waals surface area contributed by atoms with Gasteiger partial charge in [0.15, 0.2) is 0 Å². The van der Waals surface area contributed by atoms with Gasteiger partial charge in [0.1, 0.15) is 0 Å². The summed E-state index contributed by atoms with van der Waals surface area (Å²) in [4.78, 5) is 4.78. The summed E-state index contributed by atoms with van der Waals surface area (Å²) in [6.45, 7) is 7.59. The highest BCUT2D eigenvalue weighted by atomic mass is 16.3. The summed E-state index contributed by atoms with van der Waals surface area (Å²) < 4.78 is 2.39. The lowest BCUT2D eigenvalue weighted by atomic mass is 9.96. The first-order valence-electron chi connectivity index (χ1n) is 11.5. The number of rotatable bonds is 4. The molecule has 0 radical (unpaired) electrons. The second-order valence-corrected chi connectivity index (χ2v) is 9.04. The first-order valence-corrected chi connectivity index (χ1v) is 11.5. The summed E-state index contributed by atoms with van der Waals surface area (Å²) in [6, 6.07) is 15.7. The van der Waals surface area contributed by atoms with Gasteiger partial charge in [0.25, 0.3) is 0 Å². The smallest absolute Gasteiger partial charge is 0.0822 e. The lowest BCUT2D eigenvalue weighted by Crippen LogP contribution is -2.55. The Labute approximate surface area is 178 Å². The van der Waals surface area contributed by atoms with Crippen LogP contribution in [0.15, 0.2) is 42.5 Å². The highest BCUT2D eigenvalue weighted by Crippen LogP contribution is 2.30. The zero-order valence-electron chi connectivity index (χ0n) is 17.9. The summed E-state index contributed by atoms with van der Waals surface area (Å²) in [5.41, 5.74) is 3.91. The number of piperidine rings is 2. The zero-order chi connectivity index (χ0) is 20.7. The maximum absolute atomic E-state index is 10.8. The van der Waals surface area contributed by atoms with Crippen molar-refractivity contribution in [3.05, 3.63) is 48.0 Å². The number of hydrogen-bond acceptors (Lipinski definition) is 4. The summed E-state index contributed by atoms with van der Waals surface area (Å²) in [7, 11) is 0. The van der Waals surface area contributed by atoms with Gasteiger partial charge in [-0.05, 0) is 49.9 Å². The lowest BCUT2D eigenvalue weighted by Gasteiger charge is -2.43. The van der Waals surface area contributed by atoms with Gasteiger partial charge in [0.05, 0.1) is 12.2 Å². The molecule has 0 unspecified atom stereocenters. The first kappa shape index (κ1) is 20.0. The predicted molar refractivity (Wildman–Crippen MR) is 122 cm³/mol. The molecule has 5 heteroatoms. The Kier molecular flexibility index (Phi) is 5.54. The van der Waals surface area contributed by atoms with Crippen molar-refractivity contribution in [3.8, 4) is 0 Å². The lowest BCUT2D eigenvalue weighted by molar-refractivity contribution is -0.0355. The average molecular weight is 408 g/mol. The van der Waals surface area contributed by atoms with Gasteiger partial charge in [0.2, 0.25) is 0 Å². The van der Waals surface area contributed by atoms with Crippen LogP contribution in [0, 0.1) is 0 Å². The van der Waals surface area contributed by atoms with Crippen molar-refractivity contribution in [2.45, 2.75) is 57.5 Å². The molecule has 1 aromatic heterocycles. The van der Waals surface area contributed by atoms with Gasteiger partial charge in [-0.3, -0.25) is 9.80 Å². The summed E-state index contributed by atoms with van der Waals surface area (Å²) in [5.74, 6) is 0.